The maximum Gasteiger partial charge on any atom is 0.167 e. The molecule has 0 aliphatic carbocycles. The normalized spacial score (nSPS) is 12.2. The first-order valence-corrected chi connectivity index (χ1v) is 5.53. The van der Waals surface area contributed by atoms with Crippen molar-refractivity contribution in [3.05, 3.63) is 36.9 Å². The largest absolute Gasteiger partial charge is 0.494 e. The first-order chi connectivity index (χ1) is 8.65. The molecule has 0 spiro atoms. The first-order valence-electron chi connectivity index (χ1n) is 5.53. The highest BCUT2D eigenvalue weighted by Gasteiger charge is 2.10. The molecule has 4 nitrogen and oxygen atoms in total. The highest BCUT2D eigenvalue weighted by Crippen LogP contribution is 2.27. The van der Waals surface area contributed by atoms with Gasteiger partial charge >= 0.3 is 0 Å². The van der Waals surface area contributed by atoms with Crippen LogP contribution in [0.5, 0.6) is 5.75 Å². The average Bonchev–Trinajstić information content (AvgIpc) is 2.38. The third-order valence-corrected chi connectivity index (χ3v) is 2.63. The molecule has 0 fully saturated rings. The second-order valence-corrected chi connectivity index (χ2v) is 3.89. The van der Waals surface area contributed by atoms with E-state index in [2.05, 4.69) is 21.9 Å². The molecule has 18 heavy (non-hydrogen) atoms. The van der Waals surface area contributed by atoms with Crippen molar-refractivity contribution >= 4 is 16.7 Å². The third-order valence-electron chi connectivity index (χ3n) is 2.63. The Morgan fingerprint density at radius 3 is 2.89 bits per heavy atom. The number of methoxy groups -OCH3 is 1. The molecule has 1 unspecified atom stereocenters. The molecule has 5 heteroatoms. The van der Waals surface area contributed by atoms with Gasteiger partial charge in [-0.3, -0.25) is 0 Å². The fraction of sp³-hybridized carbons (Fsp3) is 0.231. The summed E-state index contributed by atoms with van der Waals surface area (Å²) in [7, 11) is 1.42. The molecule has 0 radical (unpaired) electrons. The molecule has 1 aromatic carbocycles. The van der Waals surface area contributed by atoms with Gasteiger partial charge in [-0.15, -0.1) is 6.58 Å². The van der Waals surface area contributed by atoms with Gasteiger partial charge in [0.15, 0.2) is 11.6 Å². The highest BCUT2D eigenvalue weighted by molar-refractivity contribution is 5.90. The van der Waals surface area contributed by atoms with Crippen molar-refractivity contribution in [1.29, 1.82) is 0 Å². The van der Waals surface area contributed by atoms with E-state index in [1.54, 1.807) is 12.1 Å². The Bertz CT molecular complexity index is 586. The lowest BCUT2D eigenvalue weighted by Gasteiger charge is -2.12. The Morgan fingerprint density at radius 1 is 1.44 bits per heavy atom. The predicted octanol–water partition coefficient (Wildman–Crippen LogP) is 2.76. The minimum atomic E-state index is -0.439. The van der Waals surface area contributed by atoms with Crippen molar-refractivity contribution in [3.8, 4) is 5.75 Å². The van der Waals surface area contributed by atoms with E-state index in [-0.39, 0.29) is 11.8 Å². The van der Waals surface area contributed by atoms with Gasteiger partial charge in [-0.25, -0.2) is 14.4 Å². The molecular formula is C13H14FN3O. The number of nitrogens with one attached hydrogen (secondary N) is 1. The number of halogens is 1. The van der Waals surface area contributed by atoms with Crippen molar-refractivity contribution < 1.29 is 9.13 Å². The molecule has 0 bridgehead atoms. The van der Waals surface area contributed by atoms with Gasteiger partial charge < -0.3 is 10.1 Å². The van der Waals surface area contributed by atoms with Crippen LogP contribution in [0.3, 0.4) is 0 Å². The molecule has 0 saturated carbocycles. The van der Waals surface area contributed by atoms with Gasteiger partial charge in [-0.2, -0.15) is 0 Å². The molecule has 1 aromatic heterocycles. The topological polar surface area (TPSA) is 47.0 Å². The molecular weight excluding hydrogens is 233 g/mol. The summed E-state index contributed by atoms with van der Waals surface area (Å²) in [5.41, 5.74) is 0.530. The molecule has 0 amide bonds. The summed E-state index contributed by atoms with van der Waals surface area (Å²) in [6.07, 6.45) is 3.15. The van der Waals surface area contributed by atoms with Crippen molar-refractivity contribution in [1.82, 2.24) is 9.97 Å². The van der Waals surface area contributed by atoms with Gasteiger partial charge in [-0.1, -0.05) is 6.08 Å². The van der Waals surface area contributed by atoms with E-state index in [1.807, 2.05) is 6.92 Å². The minimum Gasteiger partial charge on any atom is -0.494 e. The van der Waals surface area contributed by atoms with Crippen molar-refractivity contribution in [2.24, 2.45) is 0 Å². The number of rotatable bonds is 4. The van der Waals surface area contributed by atoms with Crippen LogP contribution in [-0.4, -0.2) is 23.1 Å². The van der Waals surface area contributed by atoms with Crippen molar-refractivity contribution in [2.45, 2.75) is 13.0 Å². The van der Waals surface area contributed by atoms with Gasteiger partial charge in [0.2, 0.25) is 0 Å². The number of benzene rings is 1. The number of nitrogens with zero attached hydrogens (tertiary/aromatic N) is 2. The van der Waals surface area contributed by atoms with E-state index in [9.17, 15) is 4.39 Å². The molecule has 1 heterocycles. The maximum atomic E-state index is 13.6. The molecule has 94 valence electrons. The Balaban J connectivity index is 2.56. The summed E-state index contributed by atoms with van der Waals surface area (Å²) in [6, 6.07) is 2.97. The van der Waals surface area contributed by atoms with E-state index in [4.69, 9.17) is 4.74 Å². The van der Waals surface area contributed by atoms with Crippen LogP contribution in [0.15, 0.2) is 31.1 Å². The van der Waals surface area contributed by atoms with Gasteiger partial charge in [0, 0.05) is 17.5 Å². The molecule has 2 rings (SSSR count). The standard InChI is InChI=1S/C13H14FN3O/c1-4-8(2)17-13-9-5-12(18-3)10(14)6-11(9)15-7-16-13/h4-8H,1H2,2-3H3,(H,15,16,17). The Labute approximate surface area is 105 Å². The number of aromatic nitrogens is 2. The predicted molar refractivity (Wildman–Crippen MR) is 69.3 cm³/mol. The molecule has 1 atom stereocenters. The Kier molecular flexibility index (Phi) is 3.41. The van der Waals surface area contributed by atoms with Crippen LogP contribution in [0.4, 0.5) is 10.2 Å². The van der Waals surface area contributed by atoms with Crippen LogP contribution in [0.1, 0.15) is 6.92 Å². The van der Waals surface area contributed by atoms with E-state index in [0.717, 1.165) is 0 Å². The van der Waals surface area contributed by atoms with Crippen molar-refractivity contribution in [2.75, 3.05) is 12.4 Å². The van der Waals surface area contributed by atoms with Crippen LogP contribution in [-0.2, 0) is 0 Å². The quantitative estimate of drug-likeness (QED) is 0.844. The lowest BCUT2D eigenvalue weighted by molar-refractivity contribution is 0.387. The molecule has 0 saturated heterocycles. The Morgan fingerprint density at radius 2 is 2.22 bits per heavy atom. The molecule has 1 N–H and O–H groups in total. The monoisotopic (exact) mass is 247 g/mol. The van der Waals surface area contributed by atoms with E-state index in [0.29, 0.717) is 16.7 Å². The van der Waals surface area contributed by atoms with Crippen LogP contribution in [0, 0.1) is 5.82 Å². The van der Waals surface area contributed by atoms with Gasteiger partial charge in [-0.05, 0) is 13.0 Å². The summed E-state index contributed by atoms with van der Waals surface area (Å²) in [4.78, 5) is 8.19. The zero-order valence-electron chi connectivity index (χ0n) is 10.3. The number of anilines is 1. The lowest BCUT2D eigenvalue weighted by atomic mass is 10.2. The minimum absolute atomic E-state index is 0.0548. The summed E-state index contributed by atoms with van der Waals surface area (Å²) in [5.74, 6) is 0.365. The third kappa shape index (κ3) is 2.25. The molecule has 2 aromatic rings. The van der Waals surface area contributed by atoms with E-state index in [1.165, 1.54) is 19.5 Å². The van der Waals surface area contributed by atoms with Crippen LogP contribution < -0.4 is 10.1 Å². The van der Waals surface area contributed by atoms with E-state index < -0.39 is 5.82 Å². The Hall–Kier alpha value is -2.17. The second kappa shape index (κ2) is 5.00. The molecule has 0 aliphatic rings. The number of ether oxygens (including phenoxy) is 1. The number of hydrogen-bond donors (Lipinski definition) is 1. The summed E-state index contributed by atoms with van der Waals surface area (Å²) < 4.78 is 18.5. The fourth-order valence-corrected chi connectivity index (χ4v) is 1.60. The van der Waals surface area contributed by atoms with E-state index >= 15 is 0 Å². The average molecular weight is 247 g/mol. The fourth-order valence-electron chi connectivity index (χ4n) is 1.60. The summed E-state index contributed by atoms with van der Waals surface area (Å²) >= 11 is 0. The van der Waals surface area contributed by atoms with Crippen LogP contribution in [0.25, 0.3) is 10.9 Å². The smallest absolute Gasteiger partial charge is 0.167 e. The zero-order valence-corrected chi connectivity index (χ0v) is 10.3. The SMILES string of the molecule is C=CC(C)Nc1ncnc2cc(F)c(OC)cc12. The second-order valence-electron chi connectivity index (χ2n) is 3.89. The maximum absolute atomic E-state index is 13.6. The first kappa shape index (κ1) is 12.3. The number of hydrogen-bond acceptors (Lipinski definition) is 4. The summed E-state index contributed by atoms with van der Waals surface area (Å²) in [5, 5.41) is 3.87. The highest BCUT2D eigenvalue weighted by atomic mass is 19.1. The van der Waals surface area contributed by atoms with Crippen molar-refractivity contribution in [3.63, 3.8) is 0 Å². The summed E-state index contributed by atoms with van der Waals surface area (Å²) in [6.45, 7) is 5.64. The van der Waals surface area contributed by atoms with Crippen LogP contribution >= 0.6 is 0 Å². The number of fused-ring (bicyclic) bond motifs is 1. The van der Waals surface area contributed by atoms with Gasteiger partial charge in [0.05, 0.1) is 12.6 Å². The van der Waals surface area contributed by atoms with Crippen LogP contribution in [0.2, 0.25) is 0 Å². The molecule has 0 aliphatic heterocycles. The zero-order chi connectivity index (χ0) is 13.1. The van der Waals surface area contributed by atoms with Gasteiger partial charge in [0.1, 0.15) is 12.1 Å². The van der Waals surface area contributed by atoms with Gasteiger partial charge in [0.25, 0.3) is 0 Å². The lowest BCUT2D eigenvalue weighted by Crippen LogP contribution is -2.13.